The molecule has 7 heteroatoms. The molecule has 1 saturated carbocycles. The lowest BCUT2D eigenvalue weighted by molar-refractivity contribution is 0.193. The highest BCUT2D eigenvalue weighted by Gasteiger charge is 2.29. The molecule has 4 rings (SSSR count). The third-order valence-corrected chi connectivity index (χ3v) is 4.74. The first-order chi connectivity index (χ1) is 12.2. The summed E-state index contributed by atoms with van der Waals surface area (Å²) < 4.78 is 5.21. The summed E-state index contributed by atoms with van der Waals surface area (Å²) in [5.74, 6) is 1.69. The van der Waals surface area contributed by atoms with Gasteiger partial charge in [-0.25, -0.2) is 4.79 Å². The van der Waals surface area contributed by atoms with Crippen LogP contribution in [-0.4, -0.2) is 47.3 Å². The van der Waals surface area contributed by atoms with Crippen molar-refractivity contribution in [3.05, 3.63) is 41.5 Å². The predicted molar refractivity (Wildman–Crippen MR) is 93.5 cm³/mol. The van der Waals surface area contributed by atoms with Gasteiger partial charge in [0.05, 0.1) is 6.54 Å². The normalized spacial score (nSPS) is 17.6. The molecule has 0 atom stereocenters. The van der Waals surface area contributed by atoms with Crippen LogP contribution in [0.2, 0.25) is 0 Å². The Morgan fingerprint density at radius 3 is 2.80 bits per heavy atom. The van der Waals surface area contributed by atoms with Crippen molar-refractivity contribution in [2.75, 3.05) is 31.1 Å². The summed E-state index contributed by atoms with van der Waals surface area (Å²) in [6, 6.07) is 8.41. The Bertz CT molecular complexity index is 747. The van der Waals surface area contributed by atoms with E-state index < -0.39 is 0 Å². The second kappa shape index (κ2) is 6.74. The highest BCUT2D eigenvalue weighted by Crippen LogP contribution is 2.38. The van der Waals surface area contributed by atoms with Crippen molar-refractivity contribution in [2.24, 2.45) is 0 Å². The van der Waals surface area contributed by atoms with Crippen molar-refractivity contribution in [1.29, 1.82) is 0 Å². The highest BCUT2D eigenvalue weighted by molar-refractivity contribution is 5.74. The summed E-state index contributed by atoms with van der Waals surface area (Å²) in [5, 5.41) is 6.82. The molecule has 2 fully saturated rings. The number of benzene rings is 1. The van der Waals surface area contributed by atoms with Crippen molar-refractivity contribution in [3.63, 3.8) is 0 Å². The van der Waals surface area contributed by atoms with E-state index in [1.807, 2.05) is 4.90 Å². The Hall–Kier alpha value is -2.57. The Balaban J connectivity index is 1.26. The fraction of sp³-hybridized carbons (Fsp3) is 0.500. The number of piperazine rings is 1. The van der Waals surface area contributed by atoms with Crippen molar-refractivity contribution >= 4 is 11.7 Å². The largest absolute Gasteiger partial charge is 0.368 e. The van der Waals surface area contributed by atoms with Crippen LogP contribution in [0.15, 0.2) is 28.8 Å². The van der Waals surface area contributed by atoms with Crippen LogP contribution in [0.25, 0.3) is 0 Å². The third kappa shape index (κ3) is 3.75. The minimum absolute atomic E-state index is 0.0679. The molecule has 1 aliphatic carbocycles. The molecular formula is C18H23N5O2. The maximum absolute atomic E-state index is 12.3. The fourth-order valence-corrected chi connectivity index (χ4v) is 3.09. The predicted octanol–water partition coefficient (Wildman–Crippen LogP) is 2.29. The number of aryl methyl sites for hydroxylation is 1. The minimum atomic E-state index is -0.0679. The molecule has 2 aromatic rings. The number of nitrogens with zero attached hydrogens (tertiary/aromatic N) is 4. The van der Waals surface area contributed by atoms with E-state index in [9.17, 15) is 4.79 Å². The van der Waals surface area contributed by atoms with E-state index in [0.717, 1.165) is 25.9 Å². The number of carbonyl (C=O) groups is 1. The summed E-state index contributed by atoms with van der Waals surface area (Å²) in [6.45, 7) is 5.50. The number of nitrogens with one attached hydrogen (secondary N) is 1. The molecule has 7 nitrogen and oxygen atoms in total. The number of amides is 2. The quantitative estimate of drug-likeness (QED) is 0.923. The van der Waals surface area contributed by atoms with Crippen molar-refractivity contribution in [1.82, 2.24) is 20.4 Å². The summed E-state index contributed by atoms with van der Waals surface area (Å²) >= 11 is 0. The lowest BCUT2D eigenvalue weighted by Crippen LogP contribution is -2.51. The van der Waals surface area contributed by atoms with Gasteiger partial charge in [0.15, 0.2) is 5.82 Å². The smallest absolute Gasteiger partial charge is 0.317 e. The van der Waals surface area contributed by atoms with Crippen LogP contribution in [0.3, 0.4) is 0 Å². The van der Waals surface area contributed by atoms with Crippen LogP contribution in [-0.2, 0) is 6.54 Å². The Kier molecular flexibility index (Phi) is 4.29. The molecule has 0 unspecified atom stereocenters. The van der Waals surface area contributed by atoms with Gasteiger partial charge in [-0.15, -0.1) is 0 Å². The monoisotopic (exact) mass is 341 g/mol. The zero-order valence-corrected chi connectivity index (χ0v) is 14.4. The molecule has 25 heavy (non-hydrogen) atoms. The van der Waals surface area contributed by atoms with Gasteiger partial charge in [0.1, 0.15) is 0 Å². The van der Waals surface area contributed by atoms with Gasteiger partial charge in [0.25, 0.3) is 0 Å². The Morgan fingerprint density at radius 1 is 1.28 bits per heavy atom. The second-order valence-electron chi connectivity index (χ2n) is 6.79. The molecule has 0 bridgehead atoms. The Morgan fingerprint density at radius 2 is 2.08 bits per heavy atom. The summed E-state index contributed by atoms with van der Waals surface area (Å²) in [7, 11) is 0. The van der Waals surface area contributed by atoms with Crippen molar-refractivity contribution < 1.29 is 9.32 Å². The molecule has 2 amide bonds. The topological polar surface area (TPSA) is 74.5 Å². The Labute approximate surface area is 147 Å². The molecular weight excluding hydrogens is 318 g/mol. The van der Waals surface area contributed by atoms with E-state index in [4.69, 9.17) is 4.52 Å². The summed E-state index contributed by atoms with van der Waals surface area (Å²) in [6.07, 6.45) is 2.25. The zero-order valence-electron chi connectivity index (χ0n) is 14.4. The number of hydrogen-bond acceptors (Lipinski definition) is 5. The lowest BCUT2D eigenvalue weighted by atomic mass is 10.2. The van der Waals surface area contributed by atoms with E-state index in [2.05, 4.69) is 51.5 Å². The maximum atomic E-state index is 12.3. The number of anilines is 1. The average Bonchev–Trinajstić information content (AvgIpc) is 3.38. The van der Waals surface area contributed by atoms with Gasteiger partial charge in [-0.2, -0.15) is 4.98 Å². The standard InChI is InChI=1S/C18H23N5O2/c1-13-3-2-4-15(11-13)22-7-9-23(10-8-22)18(24)19-12-16-20-17(25-21-16)14-5-6-14/h2-4,11,14H,5-10,12H2,1H3,(H,19,24). The molecule has 1 aromatic heterocycles. The van der Waals surface area contributed by atoms with Gasteiger partial charge < -0.3 is 19.6 Å². The molecule has 1 saturated heterocycles. The first-order valence-electron chi connectivity index (χ1n) is 8.86. The van der Waals surface area contributed by atoms with Gasteiger partial charge >= 0.3 is 6.03 Å². The lowest BCUT2D eigenvalue weighted by Gasteiger charge is -2.36. The van der Waals surface area contributed by atoms with Crippen LogP contribution in [0.4, 0.5) is 10.5 Å². The van der Waals surface area contributed by atoms with E-state index in [0.29, 0.717) is 37.3 Å². The SMILES string of the molecule is Cc1cccc(N2CCN(C(=O)NCc3noc(C4CC4)n3)CC2)c1. The van der Waals surface area contributed by atoms with Crippen LogP contribution >= 0.6 is 0 Å². The molecule has 1 N–H and O–H groups in total. The van der Waals surface area contributed by atoms with E-state index in [1.54, 1.807) is 0 Å². The van der Waals surface area contributed by atoms with Crippen LogP contribution in [0.1, 0.15) is 36.0 Å². The van der Waals surface area contributed by atoms with Gasteiger partial charge in [-0.1, -0.05) is 17.3 Å². The van der Waals surface area contributed by atoms with Crippen LogP contribution in [0, 0.1) is 6.92 Å². The first-order valence-corrected chi connectivity index (χ1v) is 8.86. The van der Waals surface area contributed by atoms with Gasteiger partial charge in [-0.3, -0.25) is 0 Å². The average molecular weight is 341 g/mol. The van der Waals surface area contributed by atoms with E-state index in [1.165, 1.54) is 11.3 Å². The number of urea groups is 1. The molecule has 0 radical (unpaired) electrons. The first kappa shape index (κ1) is 15.9. The van der Waals surface area contributed by atoms with Crippen LogP contribution < -0.4 is 10.2 Å². The minimum Gasteiger partial charge on any atom is -0.368 e. The molecule has 1 aromatic carbocycles. The molecule has 132 valence electrons. The summed E-state index contributed by atoms with van der Waals surface area (Å²) in [4.78, 5) is 20.8. The van der Waals surface area contributed by atoms with E-state index in [-0.39, 0.29) is 6.03 Å². The van der Waals surface area contributed by atoms with Crippen molar-refractivity contribution in [2.45, 2.75) is 32.2 Å². The van der Waals surface area contributed by atoms with Gasteiger partial charge in [-0.05, 0) is 37.5 Å². The molecule has 0 spiro atoms. The third-order valence-electron chi connectivity index (χ3n) is 4.74. The molecule has 2 aliphatic rings. The van der Waals surface area contributed by atoms with Crippen molar-refractivity contribution in [3.8, 4) is 0 Å². The highest BCUT2D eigenvalue weighted by atomic mass is 16.5. The number of aromatic nitrogens is 2. The number of carbonyl (C=O) groups excluding carboxylic acids is 1. The second-order valence-corrected chi connectivity index (χ2v) is 6.79. The van der Waals surface area contributed by atoms with Crippen LogP contribution in [0.5, 0.6) is 0 Å². The molecule has 2 heterocycles. The number of rotatable bonds is 4. The maximum Gasteiger partial charge on any atom is 0.317 e. The molecule has 1 aliphatic heterocycles. The summed E-state index contributed by atoms with van der Waals surface area (Å²) in [5.41, 5.74) is 2.47. The van der Waals surface area contributed by atoms with Gasteiger partial charge in [0.2, 0.25) is 5.89 Å². The van der Waals surface area contributed by atoms with Gasteiger partial charge in [0, 0.05) is 37.8 Å². The zero-order chi connectivity index (χ0) is 17.2. The fourth-order valence-electron chi connectivity index (χ4n) is 3.09. The number of hydrogen-bond donors (Lipinski definition) is 1. The van der Waals surface area contributed by atoms with E-state index >= 15 is 0 Å².